The van der Waals surface area contributed by atoms with Gasteiger partial charge in [-0.05, 0) is 43.2 Å². The monoisotopic (exact) mass is 508 g/mol. The Kier molecular flexibility index (Phi) is 5.72. The maximum Gasteiger partial charge on any atom is 0.224 e. The number of anilines is 1. The molecule has 0 atom stereocenters. The summed E-state index contributed by atoms with van der Waals surface area (Å²) in [5, 5.41) is 11.4. The Balaban J connectivity index is 1.38. The van der Waals surface area contributed by atoms with Crippen LogP contribution in [0, 0.1) is 12.8 Å². The van der Waals surface area contributed by atoms with Crippen molar-refractivity contribution in [1.82, 2.24) is 35.1 Å². The van der Waals surface area contributed by atoms with E-state index in [0.29, 0.717) is 35.0 Å². The average molecular weight is 509 g/mol. The molecule has 0 radical (unpaired) electrons. The highest BCUT2D eigenvalue weighted by atomic mass is 32.1. The summed E-state index contributed by atoms with van der Waals surface area (Å²) >= 11 is 1.73. The summed E-state index contributed by atoms with van der Waals surface area (Å²) in [6, 6.07) is 10.1. The van der Waals surface area contributed by atoms with Crippen LogP contribution in [0.25, 0.3) is 55.3 Å². The molecule has 0 aromatic carbocycles. The van der Waals surface area contributed by atoms with Gasteiger partial charge in [-0.2, -0.15) is 5.10 Å². The fourth-order valence-corrected chi connectivity index (χ4v) is 5.19. The summed E-state index contributed by atoms with van der Waals surface area (Å²) in [7, 11) is 0. The normalized spacial score (nSPS) is 11.6. The molecule has 0 spiro atoms. The van der Waals surface area contributed by atoms with Crippen LogP contribution in [0.4, 0.5) is 5.69 Å². The van der Waals surface area contributed by atoms with E-state index >= 15 is 0 Å². The van der Waals surface area contributed by atoms with Crippen LogP contribution in [0.3, 0.4) is 0 Å². The van der Waals surface area contributed by atoms with Gasteiger partial charge in [0.05, 0.1) is 34.8 Å². The molecule has 0 saturated heterocycles. The van der Waals surface area contributed by atoms with Gasteiger partial charge in [-0.3, -0.25) is 19.9 Å². The van der Waals surface area contributed by atoms with Crippen molar-refractivity contribution in [1.29, 1.82) is 0 Å². The van der Waals surface area contributed by atoms with Crippen LogP contribution in [0.2, 0.25) is 0 Å². The van der Waals surface area contributed by atoms with Gasteiger partial charge in [0.25, 0.3) is 0 Å². The Hall–Kier alpha value is -4.44. The van der Waals surface area contributed by atoms with Crippen molar-refractivity contribution in [2.24, 2.45) is 5.92 Å². The van der Waals surface area contributed by atoms with Crippen LogP contribution in [0.15, 0.2) is 55.1 Å². The lowest BCUT2D eigenvalue weighted by atomic mass is 10.1. The van der Waals surface area contributed by atoms with Gasteiger partial charge in [0.1, 0.15) is 5.69 Å². The molecule has 184 valence electrons. The summed E-state index contributed by atoms with van der Waals surface area (Å²) in [5.74, 6) is 0.864. The highest BCUT2D eigenvalue weighted by Crippen LogP contribution is 2.34. The predicted molar refractivity (Wildman–Crippen MR) is 146 cm³/mol. The number of nitrogens with zero attached hydrogens (tertiary/aromatic N) is 5. The third-order valence-corrected chi connectivity index (χ3v) is 7.01. The van der Waals surface area contributed by atoms with Gasteiger partial charge in [0.15, 0.2) is 11.5 Å². The summed E-state index contributed by atoms with van der Waals surface area (Å²) in [6.45, 7) is 6.12. The van der Waals surface area contributed by atoms with Crippen LogP contribution in [0.1, 0.15) is 25.1 Å². The van der Waals surface area contributed by atoms with Gasteiger partial charge >= 0.3 is 0 Å². The topological polar surface area (TPSA) is 125 Å². The first-order valence-corrected chi connectivity index (χ1v) is 12.8. The Bertz CT molecular complexity index is 1760. The number of carbonyl (C=O) groups is 1. The minimum absolute atomic E-state index is 0.0370. The molecule has 9 nitrogen and oxygen atoms in total. The SMILES string of the molecule is Cc1ccc(-c2ccnc3nc(-c4n[nH]c5cnc(-c6cncc(NC(=O)CC(C)C)c6)cc45)[nH]c23)s1. The van der Waals surface area contributed by atoms with Crippen molar-refractivity contribution in [3.05, 3.63) is 60.0 Å². The van der Waals surface area contributed by atoms with Crippen molar-refractivity contribution in [2.75, 3.05) is 5.32 Å². The number of imidazole rings is 1. The molecule has 0 unspecified atom stereocenters. The van der Waals surface area contributed by atoms with E-state index in [1.54, 1.807) is 36.1 Å². The van der Waals surface area contributed by atoms with Gasteiger partial charge in [-0.1, -0.05) is 13.8 Å². The van der Waals surface area contributed by atoms with E-state index in [9.17, 15) is 4.79 Å². The molecule has 1 amide bonds. The molecule has 0 aliphatic carbocycles. The van der Waals surface area contributed by atoms with Crippen LogP contribution in [-0.4, -0.2) is 41.0 Å². The average Bonchev–Trinajstić information content (AvgIpc) is 3.60. The fourth-order valence-electron chi connectivity index (χ4n) is 4.29. The van der Waals surface area contributed by atoms with Crippen LogP contribution in [0.5, 0.6) is 0 Å². The highest BCUT2D eigenvalue weighted by Gasteiger charge is 2.17. The molecule has 3 N–H and O–H groups in total. The molecule has 37 heavy (non-hydrogen) atoms. The highest BCUT2D eigenvalue weighted by molar-refractivity contribution is 7.15. The number of amides is 1. The zero-order chi connectivity index (χ0) is 25.5. The van der Waals surface area contributed by atoms with E-state index in [1.807, 2.05) is 32.0 Å². The smallest absolute Gasteiger partial charge is 0.224 e. The number of aromatic amines is 2. The third-order valence-electron chi connectivity index (χ3n) is 5.98. The summed E-state index contributed by atoms with van der Waals surface area (Å²) in [6.07, 6.45) is 7.34. The number of carbonyl (C=O) groups excluding carboxylic acids is 1. The maximum atomic E-state index is 12.2. The fraction of sp³-hybridized carbons (Fsp3) is 0.185. The third kappa shape index (κ3) is 4.47. The number of hydrogen-bond donors (Lipinski definition) is 3. The summed E-state index contributed by atoms with van der Waals surface area (Å²) < 4.78 is 0. The number of aromatic nitrogens is 7. The van der Waals surface area contributed by atoms with E-state index in [0.717, 1.165) is 32.4 Å². The molecule has 6 aromatic heterocycles. The van der Waals surface area contributed by atoms with E-state index in [4.69, 9.17) is 4.98 Å². The van der Waals surface area contributed by atoms with E-state index in [1.165, 1.54) is 4.88 Å². The zero-order valence-corrected chi connectivity index (χ0v) is 21.3. The second-order valence-corrected chi connectivity index (χ2v) is 10.6. The maximum absolute atomic E-state index is 12.2. The van der Waals surface area contributed by atoms with E-state index < -0.39 is 0 Å². The van der Waals surface area contributed by atoms with Crippen LogP contribution >= 0.6 is 11.3 Å². The van der Waals surface area contributed by atoms with E-state index in [2.05, 4.69) is 54.5 Å². The van der Waals surface area contributed by atoms with Crippen molar-refractivity contribution < 1.29 is 4.79 Å². The Morgan fingerprint density at radius 2 is 2.00 bits per heavy atom. The molecule has 0 saturated carbocycles. The lowest BCUT2D eigenvalue weighted by Gasteiger charge is -2.08. The second kappa shape index (κ2) is 9.21. The summed E-state index contributed by atoms with van der Waals surface area (Å²) in [4.78, 5) is 36.2. The first-order chi connectivity index (χ1) is 17.9. The van der Waals surface area contributed by atoms with Crippen molar-refractivity contribution in [3.63, 3.8) is 0 Å². The van der Waals surface area contributed by atoms with Gasteiger partial charge in [-0.15, -0.1) is 11.3 Å². The van der Waals surface area contributed by atoms with Gasteiger partial charge in [-0.25, -0.2) is 9.97 Å². The van der Waals surface area contributed by atoms with Crippen molar-refractivity contribution in [3.8, 4) is 33.2 Å². The number of nitrogens with one attached hydrogen (secondary N) is 3. The molecule has 0 aliphatic heterocycles. The second-order valence-electron chi connectivity index (χ2n) is 9.35. The predicted octanol–water partition coefficient (Wildman–Crippen LogP) is 5.98. The van der Waals surface area contributed by atoms with Crippen LogP contribution < -0.4 is 5.32 Å². The number of thiophene rings is 1. The van der Waals surface area contributed by atoms with Crippen molar-refractivity contribution >= 4 is 45.0 Å². The minimum atomic E-state index is -0.0370. The lowest BCUT2D eigenvalue weighted by Crippen LogP contribution is -2.13. The Labute approximate surface area is 216 Å². The summed E-state index contributed by atoms with van der Waals surface area (Å²) in [5.41, 5.74) is 6.18. The Morgan fingerprint density at radius 3 is 2.81 bits per heavy atom. The Morgan fingerprint density at radius 1 is 1.11 bits per heavy atom. The number of pyridine rings is 3. The van der Waals surface area contributed by atoms with Crippen LogP contribution in [-0.2, 0) is 4.79 Å². The van der Waals surface area contributed by atoms with Gasteiger partial charge < -0.3 is 10.3 Å². The first-order valence-electron chi connectivity index (χ1n) is 12.0. The quantitative estimate of drug-likeness (QED) is 0.254. The standard InChI is InChI=1S/C27H24N8OS/c1-14(2)8-23(36)31-17-9-16(11-28-12-17)20-10-19-21(13-30-20)34-35-25(19)27-32-24-18(6-7-29-26(24)33-27)22-5-4-15(3)37-22/h4-7,9-14H,8H2,1-3H3,(H,31,36)(H,34,35)(H,29,32,33). The molecule has 6 heterocycles. The number of H-pyrrole nitrogens is 2. The zero-order valence-electron chi connectivity index (χ0n) is 20.5. The molecule has 0 aliphatic rings. The minimum Gasteiger partial charge on any atom is -0.335 e. The first kappa shape index (κ1) is 23.0. The van der Waals surface area contributed by atoms with E-state index in [-0.39, 0.29) is 11.8 Å². The molecular weight excluding hydrogens is 484 g/mol. The van der Waals surface area contributed by atoms with Gasteiger partial charge in [0, 0.05) is 45.1 Å². The lowest BCUT2D eigenvalue weighted by molar-refractivity contribution is -0.116. The number of fused-ring (bicyclic) bond motifs is 2. The van der Waals surface area contributed by atoms with Crippen molar-refractivity contribution in [2.45, 2.75) is 27.2 Å². The molecule has 0 fully saturated rings. The molecule has 6 aromatic rings. The molecule has 0 bridgehead atoms. The molecule has 10 heteroatoms. The molecular formula is C27H24N8OS. The molecule has 6 rings (SSSR count). The largest absolute Gasteiger partial charge is 0.335 e. The number of hydrogen-bond acceptors (Lipinski definition) is 7. The number of aryl methyl sites for hydroxylation is 1. The van der Waals surface area contributed by atoms with Gasteiger partial charge in [0.2, 0.25) is 5.91 Å². The number of rotatable bonds is 6.